The third kappa shape index (κ3) is 5.23. The summed E-state index contributed by atoms with van der Waals surface area (Å²) in [5, 5.41) is 4.01. The van der Waals surface area contributed by atoms with Crippen molar-refractivity contribution in [3.05, 3.63) is 0 Å². The third-order valence-electron chi connectivity index (χ3n) is 13.0. The predicted molar refractivity (Wildman–Crippen MR) is 151 cm³/mol. The van der Waals surface area contributed by atoms with Crippen molar-refractivity contribution in [1.29, 1.82) is 0 Å². The van der Waals surface area contributed by atoms with Crippen LogP contribution in [0.2, 0.25) is 0 Å². The predicted octanol–water partition coefficient (Wildman–Crippen LogP) is 7.48. The Hall–Kier alpha value is -0.410. The van der Waals surface area contributed by atoms with Crippen LogP contribution in [0.15, 0.2) is 0 Å². The Balaban J connectivity index is 1.16. The minimum absolute atomic E-state index is 0.466. The van der Waals surface area contributed by atoms with Gasteiger partial charge >= 0.3 is 0 Å². The van der Waals surface area contributed by atoms with Gasteiger partial charge in [-0.15, -0.1) is 0 Å². The molecule has 1 aliphatic heterocycles. The largest absolute Gasteiger partial charge is 0.313 e. The summed E-state index contributed by atoms with van der Waals surface area (Å²) in [5.74, 6) is 5.86. The molecule has 4 aliphatic carbocycles. The molecule has 0 amide bonds. The summed E-state index contributed by atoms with van der Waals surface area (Å²) in [6.45, 7) is 15.0. The number of nitrogens with one attached hydrogen (secondary N) is 1. The maximum Gasteiger partial charge on any atom is 0.132 e. The van der Waals surface area contributed by atoms with Crippen molar-refractivity contribution >= 4 is 5.78 Å². The van der Waals surface area contributed by atoms with Gasteiger partial charge in [0.15, 0.2) is 0 Å². The minimum Gasteiger partial charge on any atom is -0.313 e. The molecule has 0 spiro atoms. The molecule has 3 unspecified atom stereocenters. The Morgan fingerprint density at radius 3 is 2.47 bits per heavy atom. The van der Waals surface area contributed by atoms with Crippen LogP contribution in [-0.4, -0.2) is 42.9 Å². The average Bonchev–Trinajstić information content (AvgIpc) is 3.25. The van der Waals surface area contributed by atoms with Crippen molar-refractivity contribution in [1.82, 2.24) is 10.2 Å². The molecule has 36 heavy (non-hydrogen) atoms. The summed E-state index contributed by atoms with van der Waals surface area (Å²) in [5.41, 5.74) is 1.12. The number of Topliss-reactive ketones (excluding diaryl/α,β-unsaturated/α-hetero) is 1. The molecule has 0 aromatic rings. The lowest BCUT2D eigenvalue weighted by Gasteiger charge is -2.61. The fraction of sp³-hybridized carbons (Fsp3) is 0.970. The molecule has 3 heteroatoms. The molecular weight excluding hydrogens is 440 g/mol. The van der Waals surface area contributed by atoms with E-state index >= 15 is 0 Å². The second-order valence-corrected chi connectivity index (χ2v) is 14.6. The molecule has 0 aromatic heterocycles. The van der Waals surface area contributed by atoms with Gasteiger partial charge in [0.05, 0.1) is 0 Å². The fourth-order valence-electron chi connectivity index (χ4n) is 10.8. The third-order valence-corrected chi connectivity index (χ3v) is 13.0. The van der Waals surface area contributed by atoms with Crippen LogP contribution in [0.4, 0.5) is 0 Å². The monoisotopic (exact) mass is 498 g/mol. The molecule has 0 bridgehead atoms. The first-order valence-electron chi connectivity index (χ1n) is 16.3. The lowest BCUT2D eigenvalue weighted by atomic mass is 9.44. The van der Waals surface area contributed by atoms with Gasteiger partial charge in [0, 0.05) is 32.0 Å². The van der Waals surface area contributed by atoms with E-state index in [1.165, 1.54) is 103 Å². The summed E-state index contributed by atoms with van der Waals surface area (Å²) in [7, 11) is 0. The Labute approximate surface area is 223 Å². The quantitative estimate of drug-likeness (QED) is 0.357. The van der Waals surface area contributed by atoms with Gasteiger partial charge < -0.3 is 10.2 Å². The SMILES string of the molecule is CCC(=O)CC[C@@H](C)[C@H]1CCC2C3CC[C@H]4C[C@H](NCCN5CCCCC5)CC[C@]4(C)C3CC[C@@]21C. The molecule has 3 nitrogen and oxygen atoms in total. The lowest BCUT2D eigenvalue weighted by Crippen LogP contribution is -2.55. The van der Waals surface area contributed by atoms with Crippen LogP contribution in [-0.2, 0) is 4.79 Å². The molecule has 1 heterocycles. The Bertz CT molecular complexity index is 746. The van der Waals surface area contributed by atoms with E-state index in [1.807, 2.05) is 6.92 Å². The molecule has 1 saturated heterocycles. The lowest BCUT2D eigenvalue weighted by molar-refractivity contribution is -0.121. The molecule has 5 rings (SSSR count). The summed E-state index contributed by atoms with van der Waals surface area (Å²) in [4.78, 5) is 14.7. The topological polar surface area (TPSA) is 32.3 Å². The zero-order chi connectivity index (χ0) is 25.3. The first-order chi connectivity index (χ1) is 17.3. The zero-order valence-corrected chi connectivity index (χ0v) is 24.3. The van der Waals surface area contributed by atoms with Gasteiger partial charge in [-0.05, 0) is 136 Å². The molecule has 5 aliphatic rings. The number of rotatable bonds is 9. The van der Waals surface area contributed by atoms with Crippen LogP contribution in [0.3, 0.4) is 0 Å². The van der Waals surface area contributed by atoms with Gasteiger partial charge in [-0.3, -0.25) is 4.79 Å². The van der Waals surface area contributed by atoms with Gasteiger partial charge in [0.25, 0.3) is 0 Å². The highest BCUT2D eigenvalue weighted by Gasteiger charge is 2.60. The van der Waals surface area contributed by atoms with Crippen molar-refractivity contribution in [2.24, 2.45) is 46.3 Å². The number of nitrogens with zero attached hydrogens (tertiary/aromatic N) is 1. The summed E-state index contributed by atoms with van der Waals surface area (Å²) in [6.07, 6.45) is 20.0. The molecule has 0 aromatic carbocycles. The fourth-order valence-corrected chi connectivity index (χ4v) is 10.8. The van der Waals surface area contributed by atoms with Gasteiger partial charge in [-0.25, -0.2) is 0 Å². The number of hydrogen-bond acceptors (Lipinski definition) is 3. The zero-order valence-electron chi connectivity index (χ0n) is 24.3. The summed E-state index contributed by atoms with van der Waals surface area (Å²) >= 11 is 0. The highest BCUT2D eigenvalue weighted by atomic mass is 16.1. The maximum absolute atomic E-state index is 12.0. The number of fused-ring (bicyclic) bond motifs is 5. The van der Waals surface area contributed by atoms with E-state index in [1.54, 1.807) is 0 Å². The Kier molecular flexibility index (Phi) is 8.58. The number of carbonyl (C=O) groups excluding carboxylic acids is 1. The number of likely N-dealkylation sites (tertiary alicyclic amines) is 1. The second kappa shape index (κ2) is 11.4. The highest BCUT2D eigenvalue weighted by Crippen LogP contribution is 2.68. The first-order valence-corrected chi connectivity index (χ1v) is 16.3. The van der Waals surface area contributed by atoms with E-state index in [9.17, 15) is 4.79 Å². The molecular formula is C33H58N2O. The number of carbonyl (C=O) groups is 1. The van der Waals surface area contributed by atoms with Gasteiger partial charge in [-0.2, -0.15) is 0 Å². The standard InChI is InChI=1S/C33H58N2O/c1-5-27(36)11-9-24(2)29-13-14-30-28-12-10-25-23-26(34-19-22-35-20-7-6-8-21-35)15-17-32(25,3)31(28)16-18-33(29,30)4/h24-26,28-31,34H,5-23H2,1-4H3/t24-,25+,26-,28?,29-,30?,31?,32+,33-/m1/s1. The Morgan fingerprint density at radius 2 is 1.69 bits per heavy atom. The van der Waals surface area contributed by atoms with Crippen LogP contribution < -0.4 is 5.32 Å². The average molecular weight is 499 g/mol. The van der Waals surface area contributed by atoms with E-state index in [0.717, 1.165) is 54.9 Å². The van der Waals surface area contributed by atoms with Crippen molar-refractivity contribution in [2.75, 3.05) is 26.2 Å². The smallest absolute Gasteiger partial charge is 0.132 e. The van der Waals surface area contributed by atoms with Gasteiger partial charge in [-0.1, -0.05) is 34.1 Å². The minimum atomic E-state index is 0.466. The van der Waals surface area contributed by atoms with Crippen molar-refractivity contribution in [3.63, 3.8) is 0 Å². The van der Waals surface area contributed by atoms with E-state index in [4.69, 9.17) is 0 Å². The van der Waals surface area contributed by atoms with Crippen LogP contribution in [0.25, 0.3) is 0 Å². The maximum atomic E-state index is 12.0. The molecule has 206 valence electrons. The highest BCUT2D eigenvalue weighted by molar-refractivity contribution is 5.77. The van der Waals surface area contributed by atoms with Crippen molar-refractivity contribution < 1.29 is 4.79 Å². The van der Waals surface area contributed by atoms with E-state index < -0.39 is 0 Å². The summed E-state index contributed by atoms with van der Waals surface area (Å²) < 4.78 is 0. The van der Waals surface area contributed by atoms with Crippen LogP contribution in [0.5, 0.6) is 0 Å². The normalized spacial score (nSPS) is 43.9. The number of ketones is 1. The van der Waals surface area contributed by atoms with Gasteiger partial charge in [0.2, 0.25) is 0 Å². The molecule has 1 N–H and O–H groups in total. The van der Waals surface area contributed by atoms with E-state index in [0.29, 0.717) is 22.5 Å². The van der Waals surface area contributed by atoms with Gasteiger partial charge in [0.1, 0.15) is 5.78 Å². The molecule has 5 fully saturated rings. The number of piperidine rings is 1. The molecule has 4 saturated carbocycles. The van der Waals surface area contributed by atoms with Crippen LogP contribution in [0, 0.1) is 46.3 Å². The summed E-state index contributed by atoms with van der Waals surface area (Å²) in [6, 6.07) is 0.765. The first kappa shape index (κ1) is 27.2. The van der Waals surface area contributed by atoms with E-state index in [-0.39, 0.29) is 0 Å². The van der Waals surface area contributed by atoms with Crippen molar-refractivity contribution in [2.45, 2.75) is 130 Å². The van der Waals surface area contributed by atoms with Crippen molar-refractivity contribution in [3.8, 4) is 0 Å². The van der Waals surface area contributed by atoms with Crippen LogP contribution in [0.1, 0.15) is 124 Å². The molecule has 0 radical (unpaired) electrons. The number of hydrogen-bond donors (Lipinski definition) is 1. The second-order valence-electron chi connectivity index (χ2n) is 14.6. The van der Waals surface area contributed by atoms with Crippen LogP contribution >= 0.6 is 0 Å². The Morgan fingerprint density at radius 1 is 0.944 bits per heavy atom. The van der Waals surface area contributed by atoms with E-state index in [2.05, 4.69) is 31.0 Å². The molecule has 9 atom stereocenters.